The SMILES string of the molecule is O=C(CCc1ncc(-c2ccccc2F)o1)NCC#Cc1cccc(C(F)(F)F)c1. The Labute approximate surface area is 169 Å². The van der Waals surface area contributed by atoms with Crippen molar-refractivity contribution in [3.63, 3.8) is 0 Å². The third-order valence-corrected chi connectivity index (χ3v) is 4.06. The third-order valence-electron chi connectivity index (χ3n) is 4.06. The maximum Gasteiger partial charge on any atom is 0.416 e. The maximum atomic E-state index is 13.8. The largest absolute Gasteiger partial charge is 0.441 e. The van der Waals surface area contributed by atoms with Crippen molar-refractivity contribution in [2.75, 3.05) is 6.54 Å². The molecule has 30 heavy (non-hydrogen) atoms. The van der Waals surface area contributed by atoms with Gasteiger partial charge in [0.15, 0.2) is 11.7 Å². The molecular formula is C22H16F4N2O2. The number of hydrogen-bond donors (Lipinski definition) is 1. The number of alkyl halides is 3. The average Bonchev–Trinajstić information content (AvgIpc) is 3.18. The Hall–Kier alpha value is -3.60. The number of aryl methyl sites for hydroxylation is 1. The van der Waals surface area contributed by atoms with E-state index in [1.807, 2.05) is 0 Å². The number of carbonyl (C=O) groups excluding carboxylic acids is 1. The van der Waals surface area contributed by atoms with Crippen LogP contribution in [0.25, 0.3) is 11.3 Å². The Morgan fingerprint density at radius 2 is 1.93 bits per heavy atom. The summed E-state index contributed by atoms with van der Waals surface area (Å²) in [6.07, 6.45) is -2.76. The van der Waals surface area contributed by atoms with Gasteiger partial charge in [0, 0.05) is 18.4 Å². The summed E-state index contributed by atoms with van der Waals surface area (Å²) in [7, 11) is 0. The number of halogens is 4. The van der Waals surface area contributed by atoms with Crippen LogP contribution >= 0.6 is 0 Å². The van der Waals surface area contributed by atoms with E-state index in [0.717, 1.165) is 12.1 Å². The van der Waals surface area contributed by atoms with Gasteiger partial charge in [-0.15, -0.1) is 0 Å². The topological polar surface area (TPSA) is 55.1 Å². The quantitative estimate of drug-likeness (QED) is 0.489. The fourth-order valence-corrected chi connectivity index (χ4v) is 2.58. The smallest absolute Gasteiger partial charge is 0.416 e. The third kappa shape index (κ3) is 5.70. The lowest BCUT2D eigenvalue weighted by Crippen LogP contribution is -2.23. The summed E-state index contributed by atoms with van der Waals surface area (Å²) in [6, 6.07) is 10.8. The van der Waals surface area contributed by atoms with Gasteiger partial charge in [0.1, 0.15) is 5.82 Å². The van der Waals surface area contributed by atoms with Crippen LogP contribution < -0.4 is 5.32 Å². The number of oxazole rings is 1. The first kappa shape index (κ1) is 21.1. The lowest BCUT2D eigenvalue weighted by molar-refractivity contribution is -0.137. The van der Waals surface area contributed by atoms with Gasteiger partial charge < -0.3 is 9.73 Å². The molecule has 0 radical (unpaired) electrons. The number of carbonyl (C=O) groups is 1. The predicted molar refractivity (Wildman–Crippen MR) is 102 cm³/mol. The molecule has 0 aliphatic carbocycles. The summed E-state index contributed by atoms with van der Waals surface area (Å²) in [5.74, 6) is 5.00. The number of amides is 1. The van der Waals surface area contributed by atoms with Gasteiger partial charge >= 0.3 is 6.18 Å². The van der Waals surface area contributed by atoms with Crippen molar-refractivity contribution in [2.45, 2.75) is 19.0 Å². The second kappa shape index (κ2) is 9.27. The van der Waals surface area contributed by atoms with E-state index in [1.54, 1.807) is 18.2 Å². The Morgan fingerprint density at radius 1 is 1.13 bits per heavy atom. The summed E-state index contributed by atoms with van der Waals surface area (Å²) in [6.45, 7) is -0.0128. The molecule has 0 aliphatic heterocycles. The summed E-state index contributed by atoms with van der Waals surface area (Å²) in [5.41, 5.74) is -0.288. The molecule has 3 aromatic rings. The highest BCUT2D eigenvalue weighted by atomic mass is 19.4. The minimum absolute atomic E-state index is 0.0128. The molecule has 1 N–H and O–H groups in total. The van der Waals surface area contributed by atoms with Crippen LogP contribution in [0.1, 0.15) is 23.4 Å². The first-order valence-electron chi connectivity index (χ1n) is 8.95. The Kier molecular flexibility index (Phi) is 6.52. The number of benzene rings is 2. The lowest BCUT2D eigenvalue weighted by atomic mass is 10.1. The van der Waals surface area contributed by atoms with Crippen LogP contribution in [0.15, 0.2) is 59.1 Å². The molecule has 154 valence electrons. The highest BCUT2D eigenvalue weighted by molar-refractivity contribution is 5.76. The molecule has 0 unspecified atom stereocenters. The van der Waals surface area contributed by atoms with E-state index in [0.29, 0.717) is 5.89 Å². The zero-order valence-electron chi connectivity index (χ0n) is 15.6. The van der Waals surface area contributed by atoms with Crippen LogP contribution in [-0.4, -0.2) is 17.4 Å². The predicted octanol–water partition coefficient (Wildman–Crippen LogP) is 4.60. The van der Waals surface area contributed by atoms with Crippen LogP contribution in [0.2, 0.25) is 0 Å². The first-order valence-corrected chi connectivity index (χ1v) is 8.95. The van der Waals surface area contributed by atoms with E-state index in [2.05, 4.69) is 22.1 Å². The van der Waals surface area contributed by atoms with Crippen molar-refractivity contribution < 1.29 is 26.8 Å². The second-order valence-electron chi connectivity index (χ2n) is 6.26. The van der Waals surface area contributed by atoms with E-state index in [1.165, 1.54) is 24.4 Å². The zero-order valence-corrected chi connectivity index (χ0v) is 15.6. The molecular weight excluding hydrogens is 400 g/mol. The standard InChI is InChI=1S/C22H16F4N2O2/c23-18-9-2-1-8-17(18)19-14-28-21(30-19)11-10-20(29)27-12-4-6-15-5-3-7-16(13-15)22(24,25)26/h1-3,5,7-9,13-14H,10-12H2,(H,27,29). The Bertz CT molecular complexity index is 1090. The fourth-order valence-electron chi connectivity index (χ4n) is 2.58. The highest BCUT2D eigenvalue weighted by Gasteiger charge is 2.30. The number of rotatable bonds is 5. The molecule has 2 aromatic carbocycles. The molecule has 0 saturated carbocycles. The van der Waals surface area contributed by atoms with Crippen LogP contribution in [-0.2, 0) is 17.4 Å². The zero-order chi connectivity index (χ0) is 21.6. The molecule has 0 atom stereocenters. The number of aromatic nitrogens is 1. The van der Waals surface area contributed by atoms with Crippen molar-refractivity contribution in [1.82, 2.24) is 10.3 Å². The summed E-state index contributed by atoms with van der Waals surface area (Å²) < 4.78 is 57.2. The van der Waals surface area contributed by atoms with Crippen LogP contribution in [0.4, 0.5) is 17.6 Å². The number of nitrogens with zero attached hydrogens (tertiary/aromatic N) is 1. The van der Waals surface area contributed by atoms with E-state index in [9.17, 15) is 22.4 Å². The lowest BCUT2D eigenvalue weighted by Gasteiger charge is -2.05. The normalized spacial score (nSPS) is 10.9. The number of hydrogen-bond acceptors (Lipinski definition) is 3. The van der Waals surface area contributed by atoms with Crippen LogP contribution in [0, 0.1) is 17.7 Å². The summed E-state index contributed by atoms with van der Waals surface area (Å²) in [5, 5.41) is 2.55. The molecule has 0 spiro atoms. The molecule has 0 saturated heterocycles. The summed E-state index contributed by atoms with van der Waals surface area (Å²) in [4.78, 5) is 15.9. The van der Waals surface area contributed by atoms with Crippen molar-refractivity contribution in [3.8, 4) is 23.2 Å². The molecule has 0 bridgehead atoms. The van der Waals surface area contributed by atoms with E-state index in [4.69, 9.17) is 4.42 Å². The molecule has 1 heterocycles. The van der Waals surface area contributed by atoms with E-state index >= 15 is 0 Å². The Balaban J connectivity index is 1.48. The van der Waals surface area contributed by atoms with Gasteiger partial charge in [0.25, 0.3) is 0 Å². The monoisotopic (exact) mass is 416 g/mol. The van der Waals surface area contributed by atoms with E-state index in [-0.39, 0.29) is 42.2 Å². The van der Waals surface area contributed by atoms with Crippen molar-refractivity contribution in [3.05, 3.63) is 77.6 Å². The van der Waals surface area contributed by atoms with Gasteiger partial charge in [-0.1, -0.05) is 30.0 Å². The van der Waals surface area contributed by atoms with Crippen molar-refractivity contribution in [2.24, 2.45) is 0 Å². The highest BCUT2D eigenvalue weighted by Crippen LogP contribution is 2.29. The fraction of sp³-hybridized carbons (Fsp3) is 0.182. The molecule has 1 amide bonds. The van der Waals surface area contributed by atoms with Crippen molar-refractivity contribution >= 4 is 5.91 Å². The van der Waals surface area contributed by atoms with Gasteiger partial charge in [-0.05, 0) is 30.3 Å². The van der Waals surface area contributed by atoms with Gasteiger partial charge in [-0.25, -0.2) is 9.37 Å². The number of nitrogens with one attached hydrogen (secondary N) is 1. The van der Waals surface area contributed by atoms with Gasteiger partial charge in [-0.2, -0.15) is 13.2 Å². The van der Waals surface area contributed by atoms with Gasteiger partial charge in [0.05, 0.1) is 23.9 Å². The molecule has 1 aromatic heterocycles. The van der Waals surface area contributed by atoms with Gasteiger partial charge in [-0.3, -0.25) is 4.79 Å². The van der Waals surface area contributed by atoms with E-state index < -0.39 is 17.6 Å². The molecule has 0 aliphatic rings. The average molecular weight is 416 g/mol. The minimum Gasteiger partial charge on any atom is -0.441 e. The van der Waals surface area contributed by atoms with Gasteiger partial charge in [0.2, 0.25) is 5.91 Å². The maximum absolute atomic E-state index is 13.8. The second-order valence-corrected chi connectivity index (χ2v) is 6.26. The minimum atomic E-state index is -4.43. The van der Waals surface area contributed by atoms with Crippen molar-refractivity contribution in [1.29, 1.82) is 0 Å². The summed E-state index contributed by atoms with van der Waals surface area (Å²) >= 11 is 0. The van der Waals surface area contributed by atoms with Crippen LogP contribution in [0.3, 0.4) is 0 Å². The molecule has 0 fully saturated rings. The van der Waals surface area contributed by atoms with Crippen LogP contribution in [0.5, 0.6) is 0 Å². The first-order chi connectivity index (χ1) is 14.3. The Morgan fingerprint density at radius 3 is 2.70 bits per heavy atom. The molecule has 8 heteroatoms. The molecule has 3 rings (SSSR count). The molecule has 4 nitrogen and oxygen atoms in total.